The van der Waals surface area contributed by atoms with Crippen LogP contribution in [0.1, 0.15) is 41.9 Å². The maximum atomic E-state index is 13.3. The van der Waals surface area contributed by atoms with Crippen LogP contribution in [-0.2, 0) is 11.3 Å². The number of carbonyl (C=O) groups excluding carboxylic acids is 1. The van der Waals surface area contributed by atoms with Gasteiger partial charge in [-0.05, 0) is 43.0 Å². The molecule has 2 aliphatic heterocycles. The third kappa shape index (κ3) is 5.35. The number of aliphatic hydroxyl groups is 1. The molecule has 0 aliphatic carbocycles. The van der Waals surface area contributed by atoms with E-state index in [1.807, 2.05) is 6.07 Å². The van der Waals surface area contributed by atoms with Crippen LogP contribution in [-0.4, -0.2) is 78.1 Å². The largest absolute Gasteiger partial charge is 0.396 e. The van der Waals surface area contributed by atoms with Crippen LogP contribution in [0.25, 0.3) is 0 Å². The number of fused-ring (bicyclic) bond motifs is 1. The third-order valence-corrected chi connectivity index (χ3v) is 6.96. The van der Waals surface area contributed by atoms with E-state index >= 15 is 0 Å². The van der Waals surface area contributed by atoms with E-state index in [0.29, 0.717) is 19.1 Å². The van der Waals surface area contributed by atoms with Crippen molar-refractivity contribution in [1.29, 1.82) is 0 Å². The van der Waals surface area contributed by atoms with Gasteiger partial charge in [0, 0.05) is 51.3 Å². The molecule has 2 aromatic carbocycles. The van der Waals surface area contributed by atoms with Crippen LogP contribution < -0.4 is 0 Å². The minimum Gasteiger partial charge on any atom is -0.396 e. The smallest absolute Gasteiger partial charge is 0.237 e. The Morgan fingerprint density at radius 2 is 1.77 bits per heavy atom. The fraction of sp³-hybridized carbons (Fsp3) is 0.500. The second kappa shape index (κ2) is 10.4. The molecular weight excluding hydrogens is 386 g/mol. The fourth-order valence-electron chi connectivity index (χ4n) is 5.08. The Kier molecular flexibility index (Phi) is 7.38. The number of aliphatic hydroxyl groups excluding tert-OH is 1. The molecule has 1 unspecified atom stereocenters. The van der Waals surface area contributed by atoms with E-state index in [1.54, 1.807) is 0 Å². The highest BCUT2D eigenvalue weighted by Gasteiger charge is 2.30. The Morgan fingerprint density at radius 3 is 2.52 bits per heavy atom. The Labute approximate surface area is 186 Å². The number of hydrogen-bond donors (Lipinski definition) is 1. The second-order valence-corrected chi connectivity index (χ2v) is 9.00. The van der Waals surface area contributed by atoms with Crippen molar-refractivity contribution in [1.82, 2.24) is 14.7 Å². The van der Waals surface area contributed by atoms with E-state index in [9.17, 15) is 4.79 Å². The monoisotopic (exact) mass is 421 g/mol. The normalized spacial score (nSPS) is 20.1. The summed E-state index contributed by atoms with van der Waals surface area (Å²) >= 11 is 0. The summed E-state index contributed by atoms with van der Waals surface area (Å²) in [5.41, 5.74) is 3.89. The van der Waals surface area contributed by atoms with E-state index < -0.39 is 0 Å². The van der Waals surface area contributed by atoms with Gasteiger partial charge >= 0.3 is 0 Å². The van der Waals surface area contributed by atoms with Gasteiger partial charge in [0.05, 0.1) is 6.54 Å². The fourth-order valence-corrected chi connectivity index (χ4v) is 5.08. The van der Waals surface area contributed by atoms with Crippen molar-refractivity contribution >= 4 is 5.91 Å². The molecule has 1 fully saturated rings. The molecule has 5 heteroatoms. The van der Waals surface area contributed by atoms with Crippen molar-refractivity contribution in [3.05, 3.63) is 71.3 Å². The Bertz CT molecular complexity index is 849. The Balaban J connectivity index is 1.37. The highest BCUT2D eigenvalue weighted by molar-refractivity contribution is 5.79. The molecule has 0 saturated carbocycles. The van der Waals surface area contributed by atoms with Crippen molar-refractivity contribution in [2.75, 3.05) is 46.4 Å². The number of carbonyl (C=O) groups is 1. The van der Waals surface area contributed by atoms with Gasteiger partial charge in [-0.3, -0.25) is 9.69 Å². The topological polar surface area (TPSA) is 47.0 Å². The predicted molar refractivity (Wildman–Crippen MR) is 124 cm³/mol. The van der Waals surface area contributed by atoms with Gasteiger partial charge in [0.25, 0.3) is 0 Å². The highest BCUT2D eigenvalue weighted by atomic mass is 16.3. The summed E-state index contributed by atoms with van der Waals surface area (Å²) in [7, 11) is 2.15. The molecule has 0 spiro atoms. The average molecular weight is 422 g/mol. The minimum absolute atomic E-state index is 0.237. The van der Waals surface area contributed by atoms with E-state index in [1.165, 1.54) is 16.7 Å². The molecule has 1 saturated heterocycles. The van der Waals surface area contributed by atoms with E-state index in [4.69, 9.17) is 5.11 Å². The molecule has 4 rings (SSSR count). The summed E-state index contributed by atoms with van der Waals surface area (Å²) in [6.45, 7) is 5.09. The lowest BCUT2D eigenvalue weighted by molar-refractivity contribution is -0.134. The van der Waals surface area contributed by atoms with Gasteiger partial charge in [-0.25, -0.2) is 0 Å². The molecular formula is C26H35N3O2. The number of likely N-dealkylation sites (tertiary alicyclic amines) is 1. The van der Waals surface area contributed by atoms with Crippen LogP contribution >= 0.6 is 0 Å². The number of nitrogens with zero attached hydrogens (tertiary/aromatic N) is 3. The Hall–Kier alpha value is -2.21. The highest BCUT2D eigenvalue weighted by Crippen LogP contribution is 2.33. The summed E-state index contributed by atoms with van der Waals surface area (Å²) in [5, 5.41) is 9.05. The number of piperidine rings is 1. The zero-order chi connectivity index (χ0) is 21.6. The molecule has 31 heavy (non-hydrogen) atoms. The third-order valence-electron chi connectivity index (χ3n) is 6.96. The standard InChI is InChI=1S/C26H35N3O2/c1-27(14-7-17-30)23-12-15-28(16-13-23)20-26(31)29-18-22-10-5-6-11-24(22)25(19-29)21-8-3-2-4-9-21/h2-6,8-11,23,25,30H,7,12-20H2,1H3. The van der Waals surface area contributed by atoms with Gasteiger partial charge in [0.1, 0.15) is 0 Å². The first-order chi connectivity index (χ1) is 15.2. The molecule has 0 aromatic heterocycles. The second-order valence-electron chi connectivity index (χ2n) is 9.00. The summed E-state index contributed by atoms with van der Waals surface area (Å²) in [6.07, 6.45) is 3.00. The molecule has 2 aromatic rings. The maximum absolute atomic E-state index is 13.3. The lowest BCUT2D eigenvalue weighted by Crippen LogP contribution is -2.48. The summed E-state index contributed by atoms with van der Waals surface area (Å²) in [5.74, 6) is 0.475. The summed E-state index contributed by atoms with van der Waals surface area (Å²) in [4.78, 5) is 20.0. The Morgan fingerprint density at radius 1 is 1.06 bits per heavy atom. The van der Waals surface area contributed by atoms with Crippen molar-refractivity contribution in [3.8, 4) is 0 Å². The average Bonchev–Trinajstić information content (AvgIpc) is 2.82. The van der Waals surface area contributed by atoms with Crippen molar-refractivity contribution in [2.24, 2.45) is 0 Å². The predicted octanol–water partition coefficient (Wildman–Crippen LogP) is 2.94. The van der Waals surface area contributed by atoms with Crippen LogP contribution in [0.3, 0.4) is 0 Å². The molecule has 166 valence electrons. The molecule has 2 aliphatic rings. The summed E-state index contributed by atoms with van der Waals surface area (Å²) < 4.78 is 0. The first-order valence-electron chi connectivity index (χ1n) is 11.6. The zero-order valence-corrected chi connectivity index (χ0v) is 18.6. The molecule has 2 heterocycles. The SMILES string of the molecule is CN(CCCO)C1CCN(CC(=O)N2Cc3ccccc3C(c3ccccc3)C2)CC1. The van der Waals surface area contributed by atoms with Gasteiger partial charge < -0.3 is 14.9 Å². The zero-order valence-electron chi connectivity index (χ0n) is 18.6. The molecule has 1 amide bonds. The quantitative estimate of drug-likeness (QED) is 0.747. The van der Waals surface area contributed by atoms with E-state index in [2.05, 4.69) is 70.3 Å². The molecule has 0 bridgehead atoms. The van der Waals surface area contributed by atoms with Crippen LogP contribution in [0.2, 0.25) is 0 Å². The molecule has 5 nitrogen and oxygen atoms in total. The number of benzene rings is 2. The van der Waals surface area contributed by atoms with E-state index in [0.717, 1.165) is 45.4 Å². The van der Waals surface area contributed by atoms with Crippen molar-refractivity contribution in [3.63, 3.8) is 0 Å². The lowest BCUT2D eigenvalue weighted by Gasteiger charge is -2.39. The minimum atomic E-state index is 0.237. The van der Waals surface area contributed by atoms with E-state index in [-0.39, 0.29) is 18.4 Å². The molecule has 0 radical (unpaired) electrons. The number of rotatable bonds is 7. The maximum Gasteiger partial charge on any atom is 0.237 e. The molecule has 1 N–H and O–H groups in total. The van der Waals surface area contributed by atoms with Crippen LogP contribution in [0.15, 0.2) is 54.6 Å². The first-order valence-corrected chi connectivity index (χ1v) is 11.6. The van der Waals surface area contributed by atoms with Gasteiger partial charge in [0.15, 0.2) is 0 Å². The van der Waals surface area contributed by atoms with Gasteiger partial charge in [-0.15, -0.1) is 0 Å². The van der Waals surface area contributed by atoms with Gasteiger partial charge in [-0.2, -0.15) is 0 Å². The number of hydrogen-bond acceptors (Lipinski definition) is 4. The van der Waals surface area contributed by atoms with Crippen LogP contribution in [0.5, 0.6) is 0 Å². The summed E-state index contributed by atoms with van der Waals surface area (Å²) in [6, 6.07) is 19.7. The van der Waals surface area contributed by atoms with Crippen LogP contribution in [0, 0.1) is 0 Å². The number of amides is 1. The van der Waals surface area contributed by atoms with Crippen molar-refractivity contribution in [2.45, 2.75) is 37.8 Å². The molecule has 1 atom stereocenters. The van der Waals surface area contributed by atoms with Crippen molar-refractivity contribution < 1.29 is 9.90 Å². The van der Waals surface area contributed by atoms with Gasteiger partial charge in [0.2, 0.25) is 5.91 Å². The van der Waals surface area contributed by atoms with Crippen LogP contribution in [0.4, 0.5) is 0 Å². The van der Waals surface area contributed by atoms with Gasteiger partial charge in [-0.1, -0.05) is 54.6 Å². The first kappa shape index (κ1) is 22.0. The lowest BCUT2D eigenvalue weighted by atomic mass is 9.84.